The van der Waals surface area contributed by atoms with Crippen molar-refractivity contribution in [2.24, 2.45) is 0 Å². The van der Waals surface area contributed by atoms with Crippen LogP contribution in [0.15, 0.2) is 23.1 Å². The molecule has 0 atom stereocenters. The molecule has 0 aromatic heterocycles. The predicted octanol–water partition coefficient (Wildman–Crippen LogP) is 2.81. The first-order valence-electron chi connectivity index (χ1n) is 4.26. The molecule has 0 radical (unpaired) electrons. The summed E-state index contributed by atoms with van der Waals surface area (Å²) in [6, 6.07) is 5.24. The van der Waals surface area contributed by atoms with Gasteiger partial charge in [-0.25, -0.2) is 0 Å². The van der Waals surface area contributed by atoms with Gasteiger partial charge in [0.15, 0.2) is 11.6 Å². The molecule has 0 saturated carbocycles. The van der Waals surface area contributed by atoms with Crippen molar-refractivity contribution in [2.45, 2.75) is 18.7 Å². The van der Waals surface area contributed by atoms with Crippen molar-refractivity contribution in [3.8, 4) is 0 Å². The topological polar surface area (TPSA) is 34.1 Å². The average Bonchev–Trinajstić information content (AvgIpc) is 2.16. The third kappa shape index (κ3) is 2.04. The van der Waals surface area contributed by atoms with Crippen LogP contribution in [-0.2, 0) is 0 Å². The second-order valence-electron chi connectivity index (χ2n) is 3.00. The van der Waals surface area contributed by atoms with Gasteiger partial charge < -0.3 is 0 Å². The number of rotatable bonds is 3. The Kier molecular flexibility index (Phi) is 3.47. The number of Topliss-reactive ketones (excluding diaryl/α,β-unsaturated/α-hetero) is 2. The zero-order valence-electron chi connectivity index (χ0n) is 8.46. The van der Waals surface area contributed by atoms with Crippen molar-refractivity contribution >= 4 is 23.3 Å². The number of hydrogen-bond acceptors (Lipinski definition) is 3. The second kappa shape index (κ2) is 4.42. The highest BCUT2D eigenvalue weighted by Crippen LogP contribution is 2.25. The van der Waals surface area contributed by atoms with E-state index in [9.17, 15) is 9.59 Å². The van der Waals surface area contributed by atoms with Crippen molar-refractivity contribution in [3.05, 3.63) is 29.3 Å². The van der Waals surface area contributed by atoms with Crippen molar-refractivity contribution in [1.29, 1.82) is 0 Å². The normalized spacial score (nSPS) is 9.93. The lowest BCUT2D eigenvalue weighted by Gasteiger charge is -2.07. The van der Waals surface area contributed by atoms with E-state index in [1.807, 2.05) is 6.26 Å². The molecule has 2 nitrogen and oxygen atoms in total. The van der Waals surface area contributed by atoms with E-state index in [0.717, 1.165) is 4.90 Å². The molecule has 74 valence electrons. The summed E-state index contributed by atoms with van der Waals surface area (Å²) in [5.41, 5.74) is 1.26. The highest BCUT2D eigenvalue weighted by molar-refractivity contribution is 7.98. The van der Waals surface area contributed by atoms with Crippen molar-refractivity contribution in [3.63, 3.8) is 0 Å². The van der Waals surface area contributed by atoms with Gasteiger partial charge in [0.2, 0.25) is 0 Å². The number of carbonyl (C=O) groups is 2. The van der Waals surface area contributed by atoms with E-state index in [4.69, 9.17) is 0 Å². The van der Waals surface area contributed by atoms with Gasteiger partial charge in [-0.3, -0.25) is 9.59 Å². The maximum atomic E-state index is 11.3. The van der Waals surface area contributed by atoms with Crippen molar-refractivity contribution < 1.29 is 9.59 Å². The molecule has 1 aromatic carbocycles. The van der Waals surface area contributed by atoms with Crippen LogP contribution in [0.25, 0.3) is 0 Å². The van der Waals surface area contributed by atoms with E-state index in [-0.39, 0.29) is 11.6 Å². The molecule has 0 aliphatic rings. The van der Waals surface area contributed by atoms with Crippen LogP contribution in [0.3, 0.4) is 0 Å². The lowest BCUT2D eigenvalue weighted by Crippen LogP contribution is -2.02. The molecule has 0 unspecified atom stereocenters. The zero-order chi connectivity index (χ0) is 10.7. The first-order chi connectivity index (χ1) is 6.57. The summed E-state index contributed by atoms with van der Waals surface area (Å²) in [7, 11) is 0. The average molecular weight is 208 g/mol. The first kappa shape index (κ1) is 11.0. The monoisotopic (exact) mass is 208 g/mol. The molecule has 0 heterocycles. The first-order valence-corrected chi connectivity index (χ1v) is 5.49. The van der Waals surface area contributed by atoms with Gasteiger partial charge >= 0.3 is 0 Å². The Morgan fingerprint density at radius 3 is 1.79 bits per heavy atom. The fraction of sp³-hybridized carbons (Fsp3) is 0.273. The standard InChI is InChI=1S/C11H12O2S/c1-7(12)9-5-4-6-10(8(2)13)11(9)14-3/h4-6H,1-3H3. The number of carbonyl (C=O) groups excluding carboxylic acids is 2. The molecule has 14 heavy (non-hydrogen) atoms. The van der Waals surface area contributed by atoms with Crippen LogP contribution in [0.5, 0.6) is 0 Å². The quantitative estimate of drug-likeness (QED) is 0.566. The third-order valence-electron chi connectivity index (χ3n) is 1.98. The largest absolute Gasteiger partial charge is 0.294 e. The molecular weight excluding hydrogens is 196 g/mol. The van der Waals surface area contributed by atoms with Crippen LogP contribution in [0.2, 0.25) is 0 Å². The molecular formula is C11H12O2S. The molecule has 0 spiro atoms. The molecule has 0 aliphatic heterocycles. The maximum Gasteiger partial charge on any atom is 0.160 e. The Morgan fingerprint density at radius 1 is 1.07 bits per heavy atom. The lowest BCUT2D eigenvalue weighted by atomic mass is 10.1. The smallest absolute Gasteiger partial charge is 0.160 e. The third-order valence-corrected chi connectivity index (χ3v) is 2.83. The van der Waals surface area contributed by atoms with Crippen molar-refractivity contribution in [1.82, 2.24) is 0 Å². The Balaban J connectivity index is 3.39. The molecule has 0 fully saturated rings. The van der Waals surface area contributed by atoms with E-state index in [1.54, 1.807) is 18.2 Å². The van der Waals surface area contributed by atoms with Crippen LogP contribution >= 0.6 is 11.8 Å². The molecule has 3 heteroatoms. The molecule has 0 N–H and O–H groups in total. The van der Waals surface area contributed by atoms with Gasteiger partial charge in [0, 0.05) is 16.0 Å². The summed E-state index contributed by atoms with van der Waals surface area (Å²) < 4.78 is 0. The Morgan fingerprint density at radius 2 is 1.50 bits per heavy atom. The van der Waals surface area contributed by atoms with E-state index in [0.29, 0.717) is 11.1 Å². The SMILES string of the molecule is CSc1c(C(C)=O)cccc1C(C)=O. The van der Waals surface area contributed by atoms with Gasteiger partial charge in [-0.05, 0) is 20.1 Å². The van der Waals surface area contributed by atoms with Crippen molar-refractivity contribution in [2.75, 3.05) is 6.26 Å². The summed E-state index contributed by atoms with van der Waals surface area (Å²) in [5, 5.41) is 0. The second-order valence-corrected chi connectivity index (χ2v) is 3.82. The molecule has 1 aromatic rings. The van der Waals surface area contributed by atoms with E-state index in [2.05, 4.69) is 0 Å². The molecule has 0 saturated heterocycles. The fourth-order valence-corrected chi connectivity index (χ4v) is 2.17. The van der Waals surface area contributed by atoms with E-state index < -0.39 is 0 Å². The van der Waals surface area contributed by atoms with Gasteiger partial charge in [-0.15, -0.1) is 11.8 Å². The maximum absolute atomic E-state index is 11.3. The fourth-order valence-electron chi connectivity index (χ4n) is 1.31. The molecule has 0 bridgehead atoms. The number of thioether (sulfide) groups is 1. The van der Waals surface area contributed by atoms with Gasteiger partial charge in [0.25, 0.3) is 0 Å². The molecule has 0 aliphatic carbocycles. The van der Waals surface area contributed by atoms with E-state index in [1.165, 1.54) is 25.6 Å². The minimum absolute atomic E-state index is 0.00236. The zero-order valence-corrected chi connectivity index (χ0v) is 9.27. The lowest BCUT2D eigenvalue weighted by molar-refractivity contribution is 0.101. The molecule has 0 amide bonds. The summed E-state index contributed by atoms with van der Waals surface area (Å²) in [4.78, 5) is 23.3. The Bertz CT molecular complexity index is 351. The predicted molar refractivity (Wildman–Crippen MR) is 58.2 cm³/mol. The van der Waals surface area contributed by atoms with Gasteiger partial charge in [0.1, 0.15) is 0 Å². The number of benzene rings is 1. The summed E-state index contributed by atoms with van der Waals surface area (Å²) in [6.45, 7) is 3.03. The van der Waals surface area contributed by atoms with Crippen LogP contribution in [0, 0.1) is 0 Å². The van der Waals surface area contributed by atoms with E-state index >= 15 is 0 Å². The Labute approximate surface area is 87.7 Å². The highest BCUT2D eigenvalue weighted by Gasteiger charge is 2.13. The summed E-state index contributed by atoms with van der Waals surface area (Å²) >= 11 is 1.44. The van der Waals surface area contributed by atoms with Gasteiger partial charge in [-0.1, -0.05) is 18.2 Å². The minimum atomic E-state index is -0.00236. The van der Waals surface area contributed by atoms with Crippen LogP contribution in [0.1, 0.15) is 34.6 Å². The van der Waals surface area contributed by atoms with Gasteiger partial charge in [0.05, 0.1) is 0 Å². The van der Waals surface area contributed by atoms with Crippen LogP contribution < -0.4 is 0 Å². The number of ketones is 2. The minimum Gasteiger partial charge on any atom is -0.294 e. The molecule has 1 rings (SSSR count). The highest BCUT2D eigenvalue weighted by atomic mass is 32.2. The summed E-state index contributed by atoms with van der Waals surface area (Å²) in [6.07, 6.45) is 1.87. The van der Waals surface area contributed by atoms with Crippen LogP contribution in [-0.4, -0.2) is 17.8 Å². The Hall–Kier alpha value is -1.09. The van der Waals surface area contributed by atoms with Crippen LogP contribution in [0.4, 0.5) is 0 Å². The number of hydrogen-bond donors (Lipinski definition) is 0. The summed E-state index contributed by atoms with van der Waals surface area (Å²) in [5.74, 6) is -0.00472. The van der Waals surface area contributed by atoms with Gasteiger partial charge in [-0.2, -0.15) is 0 Å².